The first-order valence-electron chi connectivity index (χ1n) is 5.49. The van der Waals surface area contributed by atoms with Crippen molar-refractivity contribution < 1.29 is 19.1 Å². The Bertz CT molecular complexity index is 298. The SMILES string of the molecule is C=CCOC(=O)NC1(C(=O)OC)CCNCC1. The van der Waals surface area contributed by atoms with Crippen LogP contribution in [0.1, 0.15) is 12.8 Å². The Balaban J connectivity index is 2.66. The zero-order valence-electron chi connectivity index (χ0n) is 9.95. The number of esters is 1. The molecular formula is C11H18N2O4. The van der Waals surface area contributed by atoms with Crippen LogP contribution in [0.4, 0.5) is 4.79 Å². The molecule has 96 valence electrons. The van der Waals surface area contributed by atoms with Gasteiger partial charge in [-0.1, -0.05) is 12.7 Å². The van der Waals surface area contributed by atoms with Gasteiger partial charge in [0.2, 0.25) is 0 Å². The van der Waals surface area contributed by atoms with Gasteiger partial charge in [0.1, 0.15) is 12.1 Å². The molecule has 1 fully saturated rings. The topological polar surface area (TPSA) is 76.7 Å². The molecule has 1 rings (SSSR count). The molecule has 6 nitrogen and oxygen atoms in total. The van der Waals surface area contributed by atoms with E-state index in [1.54, 1.807) is 0 Å². The predicted molar refractivity (Wildman–Crippen MR) is 61.5 cm³/mol. The fraction of sp³-hybridized carbons (Fsp3) is 0.636. The summed E-state index contributed by atoms with van der Waals surface area (Å²) in [5.74, 6) is -0.436. The molecule has 1 saturated heterocycles. The number of carbonyl (C=O) groups excluding carboxylic acids is 2. The maximum absolute atomic E-state index is 11.8. The number of hydrogen-bond acceptors (Lipinski definition) is 5. The second kappa shape index (κ2) is 6.24. The zero-order chi connectivity index (χ0) is 12.7. The molecule has 1 heterocycles. The van der Waals surface area contributed by atoms with Gasteiger partial charge in [0.15, 0.2) is 0 Å². The van der Waals surface area contributed by atoms with Crippen molar-refractivity contribution >= 4 is 12.1 Å². The van der Waals surface area contributed by atoms with Crippen molar-refractivity contribution in [2.45, 2.75) is 18.4 Å². The van der Waals surface area contributed by atoms with E-state index >= 15 is 0 Å². The van der Waals surface area contributed by atoms with Crippen molar-refractivity contribution in [3.8, 4) is 0 Å². The number of carbonyl (C=O) groups is 2. The molecule has 0 aromatic carbocycles. The number of rotatable bonds is 4. The van der Waals surface area contributed by atoms with Crippen LogP contribution < -0.4 is 10.6 Å². The van der Waals surface area contributed by atoms with Gasteiger partial charge in [0.25, 0.3) is 0 Å². The Labute approximate surface area is 100 Å². The average Bonchev–Trinajstić information content (AvgIpc) is 2.36. The first-order chi connectivity index (χ1) is 8.14. The van der Waals surface area contributed by atoms with Crippen LogP contribution in [0, 0.1) is 0 Å². The van der Waals surface area contributed by atoms with Gasteiger partial charge in [-0.05, 0) is 25.9 Å². The number of hydrogen-bond donors (Lipinski definition) is 2. The smallest absolute Gasteiger partial charge is 0.408 e. The summed E-state index contributed by atoms with van der Waals surface area (Å²) >= 11 is 0. The van der Waals surface area contributed by atoms with Crippen LogP contribution in [0.2, 0.25) is 0 Å². The third-order valence-corrected chi connectivity index (χ3v) is 2.71. The molecule has 0 spiro atoms. The lowest BCUT2D eigenvalue weighted by Crippen LogP contribution is -2.60. The van der Waals surface area contributed by atoms with Crippen molar-refractivity contribution in [3.05, 3.63) is 12.7 Å². The lowest BCUT2D eigenvalue weighted by atomic mass is 9.88. The molecule has 0 unspecified atom stereocenters. The van der Waals surface area contributed by atoms with Gasteiger partial charge in [0.05, 0.1) is 7.11 Å². The molecule has 0 bridgehead atoms. The maximum Gasteiger partial charge on any atom is 0.408 e. The van der Waals surface area contributed by atoms with Gasteiger partial charge in [-0.3, -0.25) is 0 Å². The van der Waals surface area contributed by atoms with Crippen molar-refractivity contribution in [3.63, 3.8) is 0 Å². The lowest BCUT2D eigenvalue weighted by molar-refractivity contribution is -0.149. The van der Waals surface area contributed by atoms with Crippen LogP contribution in [0.25, 0.3) is 0 Å². The van der Waals surface area contributed by atoms with E-state index in [2.05, 4.69) is 17.2 Å². The second-order valence-corrected chi connectivity index (χ2v) is 3.84. The fourth-order valence-corrected chi connectivity index (χ4v) is 1.80. The van der Waals surface area contributed by atoms with Crippen molar-refractivity contribution in [1.82, 2.24) is 10.6 Å². The molecule has 0 radical (unpaired) electrons. The summed E-state index contributed by atoms with van der Waals surface area (Å²) in [6.45, 7) is 4.85. The number of piperidine rings is 1. The Morgan fingerprint density at radius 3 is 2.65 bits per heavy atom. The summed E-state index contributed by atoms with van der Waals surface area (Å²) in [4.78, 5) is 23.2. The Hall–Kier alpha value is -1.56. The summed E-state index contributed by atoms with van der Waals surface area (Å²) in [7, 11) is 1.31. The summed E-state index contributed by atoms with van der Waals surface area (Å²) in [6.07, 6.45) is 1.82. The minimum atomic E-state index is -0.974. The quantitative estimate of drug-likeness (QED) is 0.544. The number of alkyl carbamates (subject to hydrolysis) is 1. The van der Waals surface area contributed by atoms with E-state index in [0.717, 1.165) is 0 Å². The van der Waals surface area contributed by atoms with Crippen LogP contribution >= 0.6 is 0 Å². The van der Waals surface area contributed by atoms with E-state index < -0.39 is 17.6 Å². The molecule has 0 aliphatic carbocycles. The summed E-state index contributed by atoms with van der Waals surface area (Å²) < 4.78 is 9.56. The molecule has 0 aromatic rings. The molecular weight excluding hydrogens is 224 g/mol. The van der Waals surface area contributed by atoms with Crippen LogP contribution in [0.15, 0.2) is 12.7 Å². The van der Waals surface area contributed by atoms with Crippen molar-refractivity contribution in [2.75, 3.05) is 26.8 Å². The first kappa shape index (κ1) is 13.5. The highest BCUT2D eigenvalue weighted by Crippen LogP contribution is 2.20. The second-order valence-electron chi connectivity index (χ2n) is 3.84. The van der Waals surface area contributed by atoms with Gasteiger partial charge in [-0.25, -0.2) is 9.59 Å². The lowest BCUT2D eigenvalue weighted by Gasteiger charge is -2.34. The van der Waals surface area contributed by atoms with E-state index in [1.165, 1.54) is 13.2 Å². The van der Waals surface area contributed by atoms with Crippen molar-refractivity contribution in [2.24, 2.45) is 0 Å². The standard InChI is InChI=1S/C11H18N2O4/c1-3-8-17-10(15)13-11(9(14)16-2)4-6-12-7-5-11/h3,12H,1,4-8H2,2H3,(H,13,15). The van der Waals surface area contributed by atoms with E-state index in [-0.39, 0.29) is 6.61 Å². The Morgan fingerprint density at radius 1 is 1.47 bits per heavy atom. The highest BCUT2D eigenvalue weighted by molar-refractivity contribution is 5.85. The number of ether oxygens (including phenoxy) is 2. The Morgan fingerprint density at radius 2 is 2.12 bits per heavy atom. The van der Waals surface area contributed by atoms with Crippen LogP contribution in [-0.2, 0) is 14.3 Å². The van der Waals surface area contributed by atoms with E-state index in [1.807, 2.05) is 0 Å². The molecule has 1 aliphatic heterocycles. The molecule has 0 saturated carbocycles. The number of nitrogens with one attached hydrogen (secondary N) is 2. The predicted octanol–water partition coefficient (Wildman–Crippen LogP) is 0.194. The summed E-state index contributed by atoms with van der Waals surface area (Å²) in [5.41, 5.74) is -0.974. The van der Waals surface area contributed by atoms with Crippen LogP contribution in [0.3, 0.4) is 0 Å². The van der Waals surface area contributed by atoms with E-state index in [0.29, 0.717) is 25.9 Å². The van der Waals surface area contributed by atoms with Crippen molar-refractivity contribution in [1.29, 1.82) is 0 Å². The highest BCUT2D eigenvalue weighted by Gasteiger charge is 2.42. The molecule has 0 atom stereocenters. The molecule has 0 aromatic heterocycles. The van der Waals surface area contributed by atoms with Gasteiger partial charge in [-0.2, -0.15) is 0 Å². The van der Waals surface area contributed by atoms with E-state index in [4.69, 9.17) is 9.47 Å². The Kier molecular flexibility index (Phi) is 4.96. The third-order valence-electron chi connectivity index (χ3n) is 2.71. The summed E-state index contributed by atoms with van der Waals surface area (Å²) in [6, 6.07) is 0. The molecule has 1 aliphatic rings. The van der Waals surface area contributed by atoms with Gasteiger partial charge in [0, 0.05) is 0 Å². The zero-order valence-corrected chi connectivity index (χ0v) is 9.95. The molecule has 6 heteroatoms. The normalized spacial score (nSPS) is 17.9. The first-order valence-corrected chi connectivity index (χ1v) is 5.49. The van der Waals surface area contributed by atoms with Crippen LogP contribution in [0.5, 0.6) is 0 Å². The number of amides is 1. The largest absolute Gasteiger partial charge is 0.467 e. The maximum atomic E-state index is 11.8. The minimum absolute atomic E-state index is 0.112. The van der Waals surface area contributed by atoms with Gasteiger partial charge in [-0.15, -0.1) is 0 Å². The van der Waals surface area contributed by atoms with E-state index in [9.17, 15) is 9.59 Å². The van der Waals surface area contributed by atoms with Gasteiger partial charge >= 0.3 is 12.1 Å². The monoisotopic (exact) mass is 242 g/mol. The third kappa shape index (κ3) is 3.45. The van der Waals surface area contributed by atoms with Crippen LogP contribution in [-0.4, -0.2) is 44.4 Å². The minimum Gasteiger partial charge on any atom is -0.467 e. The highest BCUT2D eigenvalue weighted by atomic mass is 16.6. The summed E-state index contributed by atoms with van der Waals surface area (Å²) in [5, 5.41) is 5.71. The molecule has 17 heavy (non-hydrogen) atoms. The molecule has 1 amide bonds. The number of methoxy groups -OCH3 is 1. The van der Waals surface area contributed by atoms with Gasteiger partial charge < -0.3 is 20.1 Å². The fourth-order valence-electron chi connectivity index (χ4n) is 1.80. The average molecular weight is 242 g/mol. The molecule has 2 N–H and O–H groups in total.